The molecule has 5 rings (SSSR count). The average Bonchev–Trinajstić information content (AvgIpc) is 3.52. The number of pyridine rings is 1. The molecule has 1 aliphatic heterocycles. The highest BCUT2D eigenvalue weighted by Gasteiger charge is 2.31. The van der Waals surface area contributed by atoms with Gasteiger partial charge in [0, 0.05) is 24.5 Å². The predicted octanol–water partition coefficient (Wildman–Crippen LogP) is 2.90. The van der Waals surface area contributed by atoms with Gasteiger partial charge in [0.05, 0.1) is 25.5 Å². The van der Waals surface area contributed by atoms with E-state index in [4.69, 9.17) is 9.72 Å². The monoisotopic (exact) mass is 436 g/mol. The van der Waals surface area contributed by atoms with E-state index in [-0.39, 0.29) is 11.9 Å². The second kappa shape index (κ2) is 7.91. The third-order valence-corrected chi connectivity index (χ3v) is 5.49. The number of aryl methyl sites for hydroxylation is 1. The Hall–Kier alpha value is -4.02. The zero-order chi connectivity index (χ0) is 22.2. The van der Waals surface area contributed by atoms with E-state index in [1.807, 2.05) is 6.07 Å². The zero-order valence-corrected chi connectivity index (χ0v) is 17.5. The number of ether oxygens (including phenoxy) is 1. The fourth-order valence-electron chi connectivity index (χ4n) is 4.06. The number of carbonyl (C=O) groups is 1. The lowest BCUT2D eigenvalue weighted by Gasteiger charge is -2.26. The van der Waals surface area contributed by atoms with Gasteiger partial charge >= 0.3 is 0 Å². The second-order valence-electron chi connectivity index (χ2n) is 7.54. The van der Waals surface area contributed by atoms with E-state index in [9.17, 15) is 9.18 Å². The Morgan fingerprint density at radius 3 is 3.00 bits per heavy atom. The molecule has 4 aromatic rings. The number of fused-ring (bicyclic) bond motifs is 1. The van der Waals surface area contributed by atoms with E-state index in [1.54, 1.807) is 23.8 Å². The van der Waals surface area contributed by atoms with Crippen LogP contribution < -0.4 is 15.0 Å². The van der Waals surface area contributed by atoms with Crippen LogP contribution in [0.5, 0.6) is 5.88 Å². The van der Waals surface area contributed by atoms with Crippen molar-refractivity contribution in [1.82, 2.24) is 29.5 Å². The number of aromatic nitrogens is 6. The molecule has 0 radical (unpaired) electrons. The molecule has 0 unspecified atom stereocenters. The van der Waals surface area contributed by atoms with Crippen molar-refractivity contribution in [1.29, 1.82) is 0 Å². The van der Waals surface area contributed by atoms with Crippen molar-refractivity contribution < 1.29 is 13.9 Å². The molecule has 1 fully saturated rings. The summed E-state index contributed by atoms with van der Waals surface area (Å²) in [7, 11) is 1.52. The topological polar surface area (TPSA) is 113 Å². The molecule has 164 valence electrons. The highest BCUT2D eigenvalue weighted by atomic mass is 19.1. The summed E-state index contributed by atoms with van der Waals surface area (Å²) in [4.78, 5) is 30.8. The van der Waals surface area contributed by atoms with Gasteiger partial charge in [0.1, 0.15) is 23.0 Å². The van der Waals surface area contributed by atoms with Gasteiger partial charge in [-0.1, -0.05) is 0 Å². The predicted molar refractivity (Wildman–Crippen MR) is 114 cm³/mol. The van der Waals surface area contributed by atoms with Gasteiger partial charge in [-0.3, -0.25) is 4.79 Å². The molecule has 4 aromatic heterocycles. The lowest BCUT2D eigenvalue weighted by molar-refractivity contribution is 0.102. The first-order valence-electron chi connectivity index (χ1n) is 10.2. The summed E-state index contributed by atoms with van der Waals surface area (Å²) in [5.74, 6) is 1.40. The number of hydrogen-bond acceptors (Lipinski definition) is 7. The molecule has 11 heteroatoms. The molecular weight excluding hydrogens is 415 g/mol. The van der Waals surface area contributed by atoms with Crippen LogP contribution in [0.25, 0.3) is 5.65 Å². The largest absolute Gasteiger partial charge is 0.481 e. The number of rotatable bonds is 5. The fourth-order valence-corrected chi connectivity index (χ4v) is 4.06. The number of amides is 1. The van der Waals surface area contributed by atoms with E-state index in [0.29, 0.717) is 40.1 Å². The number of hydrogen-bond donors (Lipinski definition) is 2. The maximum Gasteiger partial charge on any atom is 0.262 e. The standard InChI is InChI=1S/C21H21FN8O2/c1-12-23-11-17(26-12)27-20(31)15-10-25-30-7-5-18(28-19(15)30)29-6-3-4-16(29)14-8-13(22)9-24-21(14)32-2/h5,7-11,16H,3-4,6H2,1-2H3,(H,23,26)(H,27,31)/t16-/m1/s1. The zero-order valence-electron chi connectivity index (χ0n) is 17.5. The number of aromatic amines is 1. The van der Waals surface area contributed by atoms with Crippen LogP contribution >= 0.6 is 0 Å². The molecule has 0 aromatic carbocycles. The van der Waals surface area contributed by atoms with Gasteiger partial charge in [0.15, 0.2) is 11.5 Å². The minimum Gasteiger partial charge on any atom is -0.481 e. The third-order valence-electron chi connectivity index (χ3n) is 5.49. The minimum absolute atomic E-state index is 0.143. The van der Waals surface area contributed by atoms with Crippen LogP contribution in [0.3, 0.4) is 0 Å². The number of carbonyl (C=O) groups excluding carboxylic acids is 1. The van der Waals surface area contributed by atoms with E-state index in [2.05, 4.69) is 30.3 Å². The van der Waals surface area contributed by atoms with Crippen molar-refractivity contribution in [3.05, 3.63) is 59.7 Å². The van der Waals surface area contributed by atoms with Gasteiger partial charge in [-0.25, -0.2) is 23.9 Å². The van der Waals surface area contributed by atoms with Crippen LogP contribution in [-0.4, -0.2) is 49.1 Å². The lowest BCUT2D eigenvalue weighted by Crippen LogP contribution is -2.24. The summed E-state index contributed by atoms with van der Waals surface area (Å²) in [5.41, 5.74) is 1.42. The number of halogens is 1. The molecule has 10 nitrogen and oxygen atoms in total. The van der Waals surface area contributed by atoms with Crippen LogP contribution in [0.15, 0.2) is 36.9 Å². The summed E-state index contributed by atoms with van der Waals surface area (Å²) in [5, 5.41) is 6.98. The number of nitrogens with zero attached hydrogens (tertiary/aromatic N) is 6. The van der Waals surface area contributed by atoms with Crippen LogP contribution in [-0.2, 0) is 0 Å². The van der Waals surface area contributed by atoms with Crippen LogP contribution in [0, 0.1) is 12.7 Å². The van der Waals surface area contributed by atoms with Crippen molar-refractivity contribution in [3.8, 4) is 5.88 Å². The van der Waals surface area contributed by atoms with Crippen LogP contribution in [0.4, 0.5) is 16.0 Å². The highest BCUT2D eigenvalue weighted by molar-refractivity contribution is 6.07. The Labute approximate surface area is 182 Å². The molecular formula is C21H21FN8O2. The second-order valence-corrected chi connectivity index (χ2v) is 7.54. The van der Waals surface area contributed by atoms with Crippen molar-refractivity contribution in [2.24, 2.45) is 0 Å². The first-order valence-corrected chi connectivity index (χ1v) is 10.2. The maximum absolute atomic E-state index is 13.9. The van der Waals surface area contributed by atoms with Gasteiger partial charge in [-0.2, -0.15) is 5.10 Å². The minimum atomic E-state index is -0.417. The number of methoxy groups -OCH3 is 1. The van der Waals surface area contributed by atoms with Gasteiger partial charge < -0.3 is 19.9 Å². The molecule has 0 spiro atoms. The summed E-state index contributed by atoms with van der Waals surface area (Å²) < 4.78 is 20.8. The number of imidazole rings is 1. The van der Waals surface area contributed by atoms with E-state index in [1.165, 1.54) is 19.4 Å². The van der Waals surface area contributed by atoms with E-state index < -0.39 is 5.82 Å². The molecule has 1 amide bonds. The number of nitrogens with one attached hydrogen (secondary N) is 2. The Balaban J connectivity index is 1.49. The smallest absolute Gasteiger partial charge is 0.262 e. The molecule has 0 aliphatic carbocycles. The Kier molecular flexibility index (Phi) is 4.92. The molecule has 5 heterocycles. The molecule has 1 atom stereocenters. The Bertz CT molecular complexity index is 1300. The molecule has 1 aliphatic rings. The molecule has 0 bridgehead atoms. The van der Waals surface area contributed by atoms with Gasteiger partial charge in [-0.05, 0) is 31.9 Å². The van der Waals surface area contributed by atoms with Crippen LogP contribution in [0.1, 0.15) is 40.6 Å². The fraction of sp³-hybridized carbons (Fsp3) is 0.286. The summed E-state index contributed by atoms with van der Waals surface area (Å²) in [6.07, 6.45) is 7.70. The lowest BCUT2D eigenvalue weighted by atomic mass is 10.1. The van der Waals surface area contributed by atoms with Crippen molar-refractivity contribution in [3.63, 3.8) is 0 Å². The summed E-state index contributed by atoms with van der Waals surface area (Å²) in [6.45, 7) is 2.53. The maximum atomic E-state index is 13.9. The van der Waals surface area contributed by atoms with E-state index in [0.717, 1.165) is 25.6 Å². The van der Waals surface area contributed by atoms with Crippen LogP contribution in [0.2, 0.25) is 0 Å². The number of H-pyrrole nitrogens is 1. The third kappa shape index (κ3) is 3.51. The summed E-state index contributed by atoms with van der Waals surface area (Å²) in [6, 6.07) is 3.14. The normalized spacial score (nSPS) is 16.0. The molecule has 0 saturated carbocycles. The average molecular weight is 436 g/mol. The van der Waals surface area contributed by atoms with E-state index >= 15 is 0 Å². The first-order chi connectivity index (χ1) is 15.5. The SMILES string of the molecule is COc1ncc(F)cc1[C@H]1CCCN1c1ccn2ncc(C(=O)Nc3c[nH]c(C)n3)c2n1. The quantitative estimate of drug-likeness (QED) is 0.495. The summed E-state index contributed by atoms with van der Waals surface area (Å²) >= 11 is 0. The molecule has 2 N–H and O–H groups in total. The van der Waals surface area contributed by atoms with Crippen molar-refractivity contribution >= 4 is 23.2 Å². The van der Waals surface area contributed by atoms with Gasteiger partial charge in [0.2, 0.25) is 5.88 Å². The first kappa shape index (κ1) is 19.9. The van der Waals surface area contributed by atoms with Gasteiger partial charge in [0.25, 0.3) is 5.91 Å². The van der Waals surface area contributed by atoms with Crippen molar-refractivity contribution in [2.45, 2.75) is 25.8 Å². The Morgan fingerprint density at radius 1 is 1.34 bits per heavy atom. The van der Waals surface area contributed by atoms with Gasteiger partial charge in [-0.15, -0.1) is 0 Å². The Morgan fingerprint density at radius 2 is 2.22 bits per heavy atom. The number of anilines is 2. The highest BCUT2D eigenvalue weighted by Crippen LogP contribution is 2.38. The van der Waals surface area contributed by atoms with Crippen molar-refractivity contribution in [2.75, 3.05) is 23.9 Å². The molecule has 32 heavy (non-hydrogen) atoms. The molecule has 1 saturated heterocycles.